The van der Waals surface area contributed by atoms with Crippen LogP contribution in [0.5, 0.6) is 0 Å². The lowest BCUT2D eigenvalue weighted by Gasteiger charge is -2.04. The van der Waals surface area contributed by atoms with Crippen LogP contribution in [-0.4, -0.2) is 19.7 Å². The lowest BCUT2D eigenvalue weighted by Crippen LogP contribution is -1.95. The van der Waals surface area contributed by atoms with Gasteiger partial charge in [0.25, 0.3) is 0 Å². The molecule has 0 saturated carbocycles. The fourth-order valence-corrected chi connectivity index (χ4v) is 2.24. The maximum absolute atomic E-state index is 6.14. The van der Waals surface area contributed by atoms with Gasteiger partial charge < -0.3 is 5.32 Å². The summed E-state index contributed by atoms with van der Waals surface area (Å²) in [5, 5.41) is 8.09. The van der Waals surface area contributed by atoms with E-state index in [0.717, 1.165) is 15.8 Å². The van der Waals surface area contributed by atoms with Gasteiger partial charge in [-0.2, -0.15) is 5.10 Å². The van der Waals surface area contributed by atoms with Gasteiger partial charge in [-0.15, -0.1) is 0 Å². The zero-order valence-electron chi connectivity index (χ0n) is 10.2. The van der Waals surface area contributed by atoms with Crippen LogP contribution in [0.25, 0.3) is 5.69 Å². The second-order valence-electron chi connectivity index (χ2n) is 3.97. The van der Waals surface area contributed by atoms with Crippen LogP contribution in [0.1, 0.15) is 0 Å². The van der Waals surface area contributed by atoms with E-state index in [1.54, 1.807) is 17.1 Å². The minimum atomic E-state index is 0.644. The van der Waals surface area contributed by atoms with Crippen molar-refractivity contribution in [1.29, 1.82) is 0 Å². The van der Waals surface area contributed by atoms with Crippen LogP contribution in [0.15, 0.2) is 53.7 Å². The molecule has 0 radical (unpaired) electrons. The molecule has 3 rings (SSSR count). The highest BCUT2D eigenvalue weighted by Gasteiger charge is 2.06. The summed E-state index contributed by atoms with van der Waals surface area (Å²) in [4.78, 5) is 8.06. The smallest absolute Gasteiger partial charge is 0.148 e. The van der Waals surface area contributed by atoms with Gasteiger partial charge in [0.15, 0.2) is 0 Å². The lowest BCUT2D eigenvalue weighted by atomic mass is 10.3. The molecule has 0 aliphatic carbocycles. The Labute approximate surface area is 128 Å². The number of benzene rings is 1. The van der Waals surface area contributed by atoms with E-state index in [1.807, 2.05) is 30.5 Å². The number of aromatic nitrogens is 4. The van der Waals surface area contributed by atoms with Crippen molar-refractivity contribution in [1.82, 2.24) is 19.7 Å². The van der Waals surface area contributed by atoms with Crippen LogP contribution in [0, 0.1) is 0 Å². The second-order valence-corrected chi connectivity index (χ2v) is 5.23. The van der Waals surface area contributed by atoms with E-state index in [1.165, 1.54) is 6.33 Å². The lowest BCUT2D eigenvalue weighted by molar-refractivity contribution is 0.881. The second kappa shape index (κ2) is 5.60. The van der Waals surface area contributed by atoms with Crippen molar-refractivity contribution >= 4 is 39.0 Å². The summed E-state index contributed by atoms with van der Waals surface area (Å²) in [6.07, 6.45) is 6.70. The SMILES string of the molecule is Clc1ccccc1-n1cc(Nc2ncncc2Br)cn1. The van der Waals surface area contributed by atoms with Gasteiger partial charge >= 0.3 is 0 Å². The minimum absolute atomic E-state index is 0.644. The molecule has 3 aromatic rings. The highest BCUT2D eigenvalue weighted by Crippen LogP contribution is 2.24. The van der Waals surface area contributed by atoms with Gasteiger partial charge in [0.05, 0.1) is 33.3 Å². The van der Waals surface area contributed by atoms with Crippen molar-refractivity contribution in [3.63, 3.8) is 0 Å². The van der Waals surface area contributed by atoms with E-state index in [-0.39, 0.29) is 0 Å². The predicted octanol–water partition coefficient (Wildman–Crippen LogP) is 3.82. The largest absolute Gasteiger partial charge is 0.337 e. The molecule has 2 heterocycles. The quantitative estimate of drug-likeness (QED) is 0.780. The third-order valence-electron chi connectivity index (χ3n) is 2.61. The minimum Gasteiger partial charge on any atom is -0.337 e. The van der Waals surface area contributed by atoms with Crippen LogP contribution in [0.2, 0.25) is 5.02 Å². The summed E-state index contributed by atoms with van der Waals surface area (Å²) in [5.74, 6) is 0.679. The molecule has 5 nitrogen and oxygen atoms in total. The van der Waals surface area contributed by atoms with E-state index in [4.69, 9.17) is 11.6 Å². The predicted molar refractivity (Wildman–Crippen MR) is 81.6 cm³/mol. The summed E-state index contributed by atoms with van der Waals surface area (Å²) >= 11 is 9.53. The van der Waals surface area contributed by atoms with Gasteiger partial charge in [-0.3, -0.25) is 0 Å². The Balaban J connectivity index is 1.88. The number of hydrogen-bond acceptors (Lipinski definition) is 4. The van der Waals surface area contributed by atoms with Crippen molar-refractivity contribution in [3.8, 4) is 5.69 Å². The van der Waals surface area contributed by atoms with Gasteiger partial charge in [-0.1, -0.05) is 23.7 Å². The topological polar surface area (TPSA) is 55.6 Å². The van der Waals surface area contributed by atoms with Gasteiger partial charge in [0.1, 0.15) is 12.1 Å². The Morgan fingerprint density at radius 1 is 1.20 bits per heavy atom. The van der Waals surface area contributed by atoms with E-state index < -0.39 is 0 Å². The summed E-state index contributed by atoms with van der Waals surface area (Å²) in [5.41, 5.74) is 1.63. The first-order valence-electron chi connectivity index (χ1n) is 5.76. The van der Waals surface area contributed by atoms with Crippen molar-refractivity contribution in [3.05, 3.63) is 58.7 Å². The van der Waals surface area contributed by atoms with Gasteiger partial charge in [0.2, 0.25) is 0 Å². The molecule has 0 fully saturated rings. The Hall–Kier alpha value is -1.92. The zero-order valence-corrected chi connectivity index (χ0v) is 12.5. The first-order chi connectivity index (χ1) is 9.74. The number of halogens is 2. The molecule has 7 heteroatoms. The standard InChI is InChI=1S/C13H9BrClN5/c14-10-6-16-8-17-13(10)19-9-5-18-20(7-9)12-4-2-1-3-11(12)15/h1-8H,(H,16,17,19). The Kier molecular flexibility index (Phi) is 3.66. The first kappa shape index (κ1) is 13.1. The molecular formula is C13H9BrClN5. The molecule has 0 spiro atoms. The third-order valence-corrected chi connectivity index (χ3v) is 3.51. The van der Waals surface area contributed by atoms with Crippen LogP contribution in [0.4, 0.5) is 11.5 Å². The molecule has 0 saturated heterocycles. The number of para-hydroxylation sites is 1. The molecule has 0 unspecified atom stereocenters. The van der Waals surface area contributed by atoms with Crippen molar-refractivity contribution < 1.29 is 0 Å². The average molecular weight is 351 g/mol. The fraction of sp³-hybridized carbons (Fsp3) is 0. The number of nitrogens with one attached hydrogen (secondary N) is 1. The molecular weight excluding hydrogens is 342 g/mol. The molecule has 0 amide bonds. The van der Waals surface area contributed by atoms with Crippen molar-refractivity contribution in [2.24, 2.45) is 0 Å². The number of anilines is 2. The molecule has 2 aromatic heterocycles. The fourth-order valence-electron chi connectivity index (χ4n) is 1.70. The molecule has 0 bridgehead atoms. The molecule has 0 atom stereocenters. The molecule has 1 N–H and O–H groups in total. The number of rotatable bonds is 3. The Morgan fingerprint density at radius 2 is 2.05 bits per heavy atom. The highest BCUT2D eigenvalue weighted by molar-refractivity contribution is 9.10. The van der Waals surface area contributed by atoms with Crippen LogP contribution in [0.3, 0.4) is 0 Å². The van der Waals surface area contributed by atoms with Gasteiger partial charge in [-0.25, -0.2) is 14.6 Å². The van der Waals surface area contributed by atoms with Crippen molar-refractivity contribution in [2.45, 2.75) is 0 Å². The van der Waals surface area contributed by atoms with E-state index in [2.05, 4.69) is 36.3 Å². The monoisotopic (exact) mass is 349 g/mol. The third kappa shape index (κ3) is 2.66. The maximum atomic E-state index is 6.14. The van der Waals surface area contributed by atoms with Crippen LogP contribution in [-0.2, 0) is 0 Å². The normalized spacial score (nSPS) is 10.5. The molecule has 100 valence electrons. The average Bonchev–Trinajstić information content (AvgIpc) is 2.90. The van der Waals surface area contributed by atoms with Gasteiger partial charge in [-0.05, 0) is 28.1 Å². The number of hydrogen-bond donors (Lipinski definition) is 1. The van der Waals surface area contributed by atoms with Crippen LogP contribution >= 0.6 is 27.5 Å². The Bertz CT molecular complexity index is 743. The molecule has 0 aliphatic heterocycles. The van der Waals surface area contributed by atoms with Crippen molar-refractivity contribution in [2.75, 3.05) is 5.32 Å². The zero-order chi connectivity index (χ0) is 13.9. The maximum Gasteiger partial charge on any atom is 0.148 e. The summed E-state index contributed by atoms with van der Waals surface area (Å²) in [7, 11) is 0. The molecule has 0 aliphatic rings. The Morgan fingerprint density at radius 3 is 2.85 bits per heavy atom. The van der Waals surface area contributed by atoms with E-state index in [0.29, 0.717) is 10.8 Å². The van der Waals surface area contributed by atoms with E-state index >= 15 is 0 Å². The molecule has 20 heavy (non-hydrogen) atoms. The summed E-state index contributed by atoms with van der Waals surface area (Å²) < 4.78 is 2.49. The highest BCUT2D eigenvalue weighted by atomic mass is 79.9. The number of nitrogens with zero attached hydrogens (tertiary/aromatic N) is 4. The van der Waals surface area contributed by atoms with Gasteiger partial charge in [0, 0.05) is 6.20 Å². The summed E-state index contributed by atoms with van der Waals surface area (Å²) in [6.45, 7) is 0. The first-order valence-corrected chi connectivity index (χ1v) is 6.93. The van der Waals surface area contributed by atoms with Crippen LogP contribution < -0.4 is 5.32 Å². The van der Waals surface area contributed by atoms with E-state index in [9.17, 15) is 0 Å². The molecule has 1 aromatic carbocycles. The summed E-state index contributed by atoms with van der Waals surface area (Å²) in [6, 6.07) is 7.52.